The van der Waals surface area contributed by atoms with Gasteiger partial charge in [-0.1, -0.05) is 25.5 Å². The van der Waals surface area contributed by atoms with Crippen LogP contribution in [0, 0.1) is 6.92 Å². The predicted molar refractivity (Wildman–Crippen MR) is 81.7 cm³/mol. The van der Waals surface area contributed by atoms with Gasteiger partial charge in [-0.2, -0.15) is 0 Å². The molecule has 0 radical (unpaired) electrons. The van der Waals surface area contributed by atoms with Gasteiger partial charge in [0, 0.05) is 35.7 Å². The van der Waals surface area contributed by atoms with E-state index in [-0.39, 0.29) is 0 Å². The molecule has 1 aliphatic rings. The molecule has 1 aliphatic carbocycles. The van der Waals surface area contributed by atoms with E-state index in [0.717, 1.165) is 0 Å². The molecular formula is C17H24N2. The van der Waals surface area contributed by atoms with Gasteiger partial charge in [0.15, 0.2) is 0 Å². The predicted octanol–water partition coefficient (Wildman–Crippen LogP) is 3.34. The van der Waals surface area contributed by atoms with Crippen molar-refractivity contribution >= 4 is 10.9 Å². The van der Waals surface area contributed by atoms with Crippen LogP contribution in [0.15, 0.2) is 18.2 Å². The van der Waals surface area contributed by atoms with Crippen LogP contribution in [0.4, 0.5) is 0 Å². The van der Waals surface area contributed by atoms with Gasteiger partial charge in [0.1, 0.15) is 0 Å². The first-order valence-corrected chi connectivity index (χ1v) is 7.39. The molecule has 2 aromatic rings. The summed E-state index contributed by atoms with van der Waals surface area (Å²) in [6, 6.07) is 8.05. The molecule has 2 heteroatoms. The molecule has 3 rings (SSSR count). The molecule has 2 nitrogen and oxygen atoms in total. The van der Waals surface area contributed by atoms with Crippen LogP contribution in [0.5, 0.6) is 0 Å². The third-order valence-electron chi connectivity index (χ3n) is 4.34. The molecule has 1 N–H and O–H groups in total. The lowest BCUT2D eigenvalue weighted by Gasteiger charge is -2.26. The smallest absolute Gasteiger partial charge is 0.0482 e. The van der Waals surface area contributed by atoms with Gasteiger partial charge in [-0.15, -0.1) is 0 Å². The van der Waals surface area contributed by atoms with E-state index in [1.165, 1.54) is 35.7 Å². The Kier molecular flexibility index (Phi) is 3.14. The number of hydrogen-bond acceptors (Lipinski definition) is 1. The summed E-state index contributed by atoms with van der Waals surface area (Å²) in [5, 5.41) is 5.17. The van der Waals surface area contributed by atoms with Gasteiger partial charge in [-0.3, -0.25) is 0 Å². The summed E-state index contributed by atoms with van der Waals surface area (Å²) < 4.78 is 2.40. The molecule has 0 bridgehead atoms. The number of nitrogens with zero attached hydrogens (tertiary/aromatic N) is 1. The Morgan fingerprint density at radius 2 is 2.11 bits per heavy atom. The molecule has 1 atom stereocenters. The topological polar surface area (TPSA) is 17.0 Å². The summed E-state index contributed by atoms with van der Waals surface area (Å²) in [6.45, 7) is 6.66. The van der Waals surface area contributed by atoms with Crippen molar-refractivity contribution in [1.29, 1.82) is 0 Å². The summed E-state index contributed by atoms with van der Waals surface area (Å²) in [5.41, 5.74) is 5.87. The molecule has 102 valence electrons. The molecular weight excluding hydrogens is 232 g/mol. The summed E-state index contributed by atoms with van der Waals surface area (Å²) in [7, 11) is 2.21. The van der Waals surface area contributed by atoms with Crippen LogP contribution in [-0.4, -0.2) is 16.7 Å². The van der Waals surface area contributed by atoms with Crippen molar-refractivity contribution in [3.63, 3.8) is 0 Å². The Morgan fingerprint density at radius 1 is 1.32 bits per heavy atom. The van der Waals surface area contributed by atoms with Crippen LogP contribution in [0.25, 0.3) is 10.9 Å². The monoisotopic (exact) mass is 256 g/mol. The average molecular weight is 256 g/mol. The van der Waals surface area contributed by atoms with E-state index >= 15 is 0 Å². The van der Waals surface area contributed by atoms with Crippen LogP contribution in [0.2, 0.25) is 0 Å². The summed E-state index contributed by atoms with van der Waals surface area (Å²) in [6.07, 6.45) is 3.63. The molecule has 0 aliphatic heterocycles. The normalized spacial score (nSPS) is 19.1. The highest BCUT2D eigenvalue weighted by atomic mass is 15.0. The summed E-state index contributed by atoms with van der Waals surface area (Å²) in [5.74, 6) is 0. The van der Waals surface area contributed by atoms with Crippen LogP contribution >= 0.6 is 0 Å². The molecule has 0 saturated heterocycles. The first-order valence-electron chi connectivity index (χ1n) is 7.39. The minimum atomic E-state index is 0.572. The molecule has 1 unspecified atom stereocenters. The zero-order valence-corrected chi connectivity index (χ0v) is 12.5. The lowest BCUT2D eigenvalue weighted by Crippen LogP contribution is -2.38. The second kappa shape index (κ2) is 4.68. The van der Waals surface area contributed by atoms with Gasteiger partial charge < -0.3 is 9.88 Å². The van der Waals surface area contributed by atoms with Crippen LogP contribution in [-0.2, 0) is 19.9 Å². The average Bonchev–Trinajstić information content (AvgIpc) is 2.62. The summed E-state index contributed by atoms with van der Waals surface area (Å²) in [4.78, 5) is 0. The summed E-state index contributed by atoms with van der Waals surface area (Å²) >= 11 is 0. The van der Waals surface area contributed by atoms with Crippen LogP contribution in [0.1, 0.15) is 37.1 Å². The van der Waals surface area contributed by atoms with Gasteiger partial charge in [0.2, 0.25) is 0 Å². The lowest BCUT2D eigenvalue weighted by molar-refractivity contribution is 0.418. The maximum absolute atomic E-state index is 3.70. The third kappa shape index (κ3) is 2.18. The Morgan fingerprint density at radius 3 is 2.84 bits per heavy atom. The number of benzene rings is 1. The van der Waals surface area contributed by atoms with Crippen LogP contribution in [0.3, 0.4) is 0 Å². The fourth-order valence-electron chi connectivity index (χ4n) is 3.51. The highest BCUT2D eigenvalue weighted by Crippen LogP contribution is 2.32. The highest BCUT2D eigenvalue weighted by molar-refractivity contribution is 5.86. The fourth-order valence-corrected chi connectivity index (χ4v) is 3.51. The van der Waals surface area contributed by atoms with Crippen LogP contribution < -0.4 is 5.32 Å². The zero-order chi connectivity index (χ0) is 13.6. The number of aryl methyl sites for hydroxylation is 2. The molecule has 1 aromatic carbocycles. The van der Waals surface area contributed by atoms with Crippen molar-refractivity contribution < 1.29 is 0 Å². The molecule has 1 heterocycles. The van der Waals surface area contributed by atoms with Gasteiger partial charge in [-0.05, 0) is 43.9 Å². The Hall–Kier alpha value is -1.28. The number of aromatic nitrogens is 1. The van der Waals surface area contributed by atoms with E-state index in [9.17, 15) is 0 Å². The number of rotatable bonds is 2. The maximum atomic E-state index is 3.70. The highest BCUT2D eigenvalue weighted by Gasteiger charge is 2.24. The van der Waals surface area contributed by atoms with E-state index < -0.39 is 0 Å². The van der Waals surface area contributed by atoms with Crippen molar-refractivity contribution in [2.45, 2.75) is 52.1 Å². The Bertz CT molecular complexity index is 607. The second-order valence-electron chi connectivity index (χ2n) is 6.27. The number of hydrogen-bond donors (Lipinski definition) is 1. The second-order valence-corrected chi connectivity index (χ2v) is 6.27. The molecule has 19 heavy (non-hydrogen) atoms. The molecule has 1 aromatic heterocycles. The Balaban J connectivity index is 2.05. The van der Waals surface area contributed by atoms with E-state index in [1.807, 2.05) is 0 Å². The van der Waals surface area contributed by atoms with Crippen molar-refractivity contribution in [3.05, 3.63) is 35.0 Å². The van der Waals surface area contributed by atoms with Crippen molar-refractivity contribution in [1.82, 2.24) is 9.88 Å². The number of fused-ring (bicyclic) bond motifs is 3. The lowest BCUT2D eigenvalue weighted by atomic mass is 9.90. The van der Waals surface area contributed by atoms with Crippen molar-refractivity contribution in [2.24, 2.45) is 7.05 Å². The van der Waals surface area contributed by atoms with E-state index in [2.05, 4.69) is 55.9 Å². The first kappa shape index (κ1) is 12.7. The standard InChI is InChI=1S/C17H24N2/c1-11(2)18-13-6-8-17-15(10-13)14-9-12(3)5-7-16(14)19(17)4/h5,7,9,11,13,18H,6,8,10H2,1-4H3. The van der Waals surface area contributed by atoms with Gasteiger partial charge in [0.25, 0.3) is 0 Å². The largest absolute Gasteiger partial charge is 0.347 e. The molecule has 0 amide bonds. The van der Waals surface area contributed by atoms with Gasteiger partial charge >= 0.3 is 0 Å². The minimum absolute atomic E-state index is 0.572. The van der Waals surface area contributed by atoms with E-state index in [0.29, 0.717) is 12.1 Å². The van der Waals surface area contributed by atoms with Gasteiger partial charge in [0.05, 0.1) is 0 Å². The SMILES string of the molecule is Cc1ccc2c(c1)c1c(n2C)CCC(NC(C)C)C1. The third-order valence-corrected chi connectivity index (χ3v) is 4.34. The minimum Gasteiger partial charge on any atom is -0.347 e. The molecule has 0 saturated carbocycles. The van der Waals surface area contributed by atoms with Crippen molar-refractivity contribution in [2.75, 3.05) is 0 Å². The van der Waals surface area contributed by atoms with Crippen molar-refractivity contribution in [3.8, 4) is 0 Å². The van der Waals surface area contributed by atoms with E-state index in [1.54, 1.807) is 11.3 Å². The molecule has 0 fully saturated rings. The maximum Gasteiger partial charge on any atom is 0.0482 e. The van der Waals surface area contributed by atoms with Gasteiger partial charge in [-0.25, -0.2) is 0 Å². The van der Waals surface area contributed by atoms with E-state index in [4.69, 9.17) is 0 Å². The quantitative estimate of drug-likeness (QED) is 0.872. The Labute approximate surface area is 115 Å². The fraction of sp³-hybridized carbons (Fsp3) is 0.529. The first-order chi connectivity index (χ1) is 9.06. The number of nitrogens with one attached hydrogen (secondary N) is 1. The molecule has 0 spiro atoms. The zero-order valence-electron chi connectivity index (χ0n) is 12.5.